The summed E-state index contributed by atoms with van der Waals surface area (Å²) in [5.74, 6) is 0.409. The van der Waals surface area contributed by atoms with E-state index in [1.807, 2.05) is 6.20 Å². The number of nitrogens with zero attached hydrogens (tertiary/aromatic N) is 3. The van der Waals surface area contributed by atoms with E-state index in [0.717, 1.165) is 25.0 Å². The standard InChI is InChI=1S/C16H29B2N3O5/c1-22-7-13-10(4-15(17)25-13)3-11-6-21(20-19-11)9-24-8-14-12(23-2)5-16(18)26-14/h6,10,12-16H,3-5,7-9,17-18H2,1-2H3/t10?,12?,13-,14-,15-,16-/m1/s1. The zero-order chi connectivity index (χ0) is 18.5. The Morgan fingerprint density at radius 2 is 1.92 bits per heavy atom. The maximum absolute atomic E-state index is 5.91. The fourth-order valence-corrected chi connectivity index (χ4v) is 3.94. The van der Waals surface area contributed by atoms with Crippen molar-refractivity contribution in [3.8, 4) is 0 Å². The molecule has 0 aromatic carbocycles. The van der Waals surface area contributed by atoms with Crippen molar-refractivity contribution >= 4 is 15.7 Å². The SMILES string of the molecule is B[C@H]1CC(Cc2cn(COC[C@H]3O[C@@H](B)CC3OC)nn2)[C@@H](COC)O1. The smallest absolute Gasteiger partial charge is 0.141 e. The first-order valence-electron chi connectivity index (χ1n) is 9.38. The molecule has 2 saturated heterocycles. The van der Waals surface area contributed by atoms with Gasteiger partial charge in [0.15, 0.2) is 0 Å². The second-order valence-electron chi connectivity index (χ2n) is 7.38. The molecule has 2 fully saturated rings. The van der Waals surface area contributed by atoms with Crippen LogP contribution >= 0.6 is 0 Å². The molecule has 0 bridgehead atoms. The van der Waals surface area contributed by atoms with Gasteiger partial charge in [-0.15, -0.1) is 5.10 Å². The lowest BCUT2D eigenvalue weighted by molar-refractivity contribution is -0.0589. The Kier molecular flexibility index (Phi) is 7.11. The highest BCUT2D eigenvalue weighted by molar-refractivity contribution is 6.11. The third-order valence-corrected chi connectivity index (χ3v) is 5.15. The van der Waals surface area contributed by atoms with Crippen molar-refractivity contribution in [1.29, 1.82) is 0 Å². The molecule has 2 unspecified atom stereocenters. The molecular formula is C16H29B2N3O5. The van der Waals surface area contributed by atoms with Crippen LogP contribution in [0.2, 0.25) is 0 Å². The average Bonchev–Trinajstić information content (AvgIpc) is 3.28. The van der Waals surface area contributed by atoms with Crippen LogP contribution in [-0.4, -0.2) is 88.4 Å². The van der Waals surface area contributed by atoms with E-state index < -0.39 is 0 Å². The lowest BCUT2D eigenvalue weighted by Crippen LogP contribution is -2.28. The number of aromatic nitrogens is 3. The summed E-state index contributed by atoms with van der Waals surface area (Å²) in [6.45, 7) is 1.46. The van der Waals surface area contributed by atoms with Crippen LogP contribution in [0.15, 0.2) is 6.20 Å². The molecule has 8 nitrogen and oxygen atoms in total. The predicted octanol–water partition coefficient (Wildman–Crippen LogP) is -1.43. The number of hydrogen-bond acceptors (Lipinski definition) is 7. The van der Waals surface area contributed by atoms with Crippen molar-refractivity contribution in [1.82, 2.24) is 15.0 Å². The van der Waals surface area contributed by atoms with Crippen LogP contribution in [0.4, 0.5) is 0 Å². The number of rotatable bonds is 9. The second-order valence-corrected chi connectivity index (χ2v) is 7.38. The predicted molar refractivity (Wildman–Crippen MR) is 99.5 cm³/mol. The zero-order valence-corrected chi connectivity index (χ0v) is 16.2. The maximum atomic E-state index is 5.91. The minimum atomic E-state index is -0.0232. The lowest BCUT2D eigenvalue weighted by Gasteiger charge is -2.17. The molecule has 2 aliphatic rings. The zero-order valence-electron chi connectivity index (χ0n) is 16.2. The van der Waals surface area contributed by atoms with Crippen molar-refractivity contribution < 1.29 is 23.7 Å². The van der Waals surface area contributed by atoms with Crippen LogP contribution in [0.5, 0.6) is 0 Å². The van der Waals surface area contributed by atoms with E-state index in [0.29, 0.717) is 25.9 Å². The summed E-state index contributed by atoms with van der Waals surface area (Å²) in [5.41, 5.74) is 0.956. The van der Waals surface area contributed by atoms with Gasteiger partial charge in [0.05, 0.1) is 37.3 Å². The van der Waals surface area contributed by atoms with E-state index in [-0.39, 0.29) is 30.3 Å². The minimum Gasteiger partial charge on any atom is -0.382 e. The number of methoxy groups -OCH3 is 2. The molecule has 0 amide bonds. The Morgan fingerprint density at radius 1 is 1.15 bits per heavy atom. The first-order chi connectivity index (χ1) is 12.6. The Morgan fingerprint density at radius 3 is 2.69 bits per heavy atom. The molecule has 3 heterocycles. The molecular weight excluding hydrogens is 336 g/mol. The van der Waals surface area contributed by atoms with Gasteiger partial charge in [-0.25, -0.2) is 4.68 Å². The monoisotopic (exact) mass is 365 g/mol. The van der Waals surface area contributed by atoms with Crippen molar-refractivity contribution in [2.24, 2.45) is 5.92 Å². The molecule has 0 N–H and O–H groups in total. The van der Waals surface area contributed by atoms with Crippen LogP contribution in [0.25, 0.3) is 0 Å². The Hall–Kier alpha value is -0.930. The van der Waals surface area contributed by atoms with Gasteiger partial charge < -0.3 is 23.7 Å². The van der Waals surface area contributed by atoms with Gasteiger partial charge in [-0.2, -0.15) is 0 Å². The van der Waals surface area contributed by atoms with Crippen LogP contribution in [0.3, 0.4) is 0 Å². The van der Waals surface area contributed by atoms with Gasteiger partial charge in [0.25, 0.3) is 0 Å². The largest absolute Gasteiger partial charge is 0.382 e. The highest BCUT2D eigenvalue weighted by Crippen LogP contribution is 2.28. The van der Waals surface area contributed by atoms with Gasteiger partial charge >= 0.3 is 0 Å². The van der Waals surface area contributed by atoms with Gasteiger partial charge in [-0.05, 0) is 25.2 Å². The van der Waals surface area contributed by atoms with Crippen LogP contribution in [-0.2, 0) is 36.8 Å². The van der Waals surface area contributed by atoms with Crippen molar-refractivity contribution in [2.45, 2.75) is 56.3 Å². The van der Waals surface area contributed by atoms with Gasteiger partial charge in [0.2, 0.25) is 0 Å². The number of hydrogen-bond donors (Lipinski definition) is 0. The number of ether oxygens (including phenoxy) is 5. The molecule has 10 heteroatoms. The summed E-state index contributed by atoms with van der Waals surface area (Å²) in [5, 5.41) is 8.44. The molecule has 2 aliphatic heterocycles. The average molecular weight is 365 g/mol. The van der Waals surface area contributed by atoms with Gasteiger partial charge in [0.1, 0.15) is 28.5 Å². The molecule has 144 valence electrons. The van der Waals surface area contributed by atoms with Crippen LogP contribution in [0.1, 0.15) is 18.5 Å². The quantitative estimate of drug-likeness (QED) is 0.497. The molecule has 0 aliphatic carbocycles. The highest BCUT2D eigenvalue weighted by Gasteiger charge is 2.34. The third kappa shape index (κ3) is 5.07. The molecule has 0 spiro atoms. The van der Waals surface area contributed by atoms with E-state index in [1.165, 1.54) is 0 Å². The van der Waals surface area contributed by atoms with Crippen LogP contribution < -0.4 is 0 Å². The van der Waals surface area contributed by atoms with Crippen molar-refractivity contribution in [3.05, 3.63) is 11.9 Å². The fourth-order valence-electron chi connectivity index (χ4n) is 3.94. The third-order valence-electron chi connectivity index (χ3n) is 5.15. The molecule has 3 rings (SSSR count). The maximum Gasteiger partial charge on any atom is 0.141 e. The Bertz CT molecular complexity index is 564. The van der Waals surface area contributed by atoms with E-state index in [4.69, 9.17) is 23.7 Å². The van der Waals surface area contributed by atoms with Gasteiger partial charge in [-0.3, -0.25) is 0 Å². The lowest BCUT2D eigenvalue weighted by atomic mass is 9.88. The summed E-state index contributed by atoms with van der Waals surface area (Å²) in [7, 11) is 7.58. The van der Waals surface area contributed by atoms with E-state index >= 15 is 0 Å². The molecule has 26 heavy (non-hydrogen) atoms. The van der Waals surface area contributed by atoms with E-state index in [9.17, 15) is 0 Å². The minimum absolute atomic E-state index is 0.0232. The first kappa shape index (κ1) is 19.8. The molecule has 0 radical (unpaired) electrons. The van der Waals surface area contributed by atoms with Gasteiger partial charge in [0, 0.05) is 26.2 Å². The summed E-state index contributed by atoms with van der Waals surface area (Å²) < 4.78 is 29.9. The second kappa shape index (κ2) is 9.32. The summed E-state index contributed by atoms with van der Waals surface area (Å²) in [4.78, 5) is 0. The topological polar surface area (TPSA) is 76.9 Å². The van der Waals surface area contributed by atoms with E-state index in [1.54, 1.807) is 18.9 Å². The summed E-state index contributed by atoms with van der Waals surface area (Å²) in [6, 6.07) is 0.476. The Labute approximate surface area is 156 Å². The first-order valence-corrected chi connectivity index (χ1v) is 9.38. The fraction of sp³-hybridized carbons (Fsp3) is 0.875. The molecule has 1 aromatic rings. The Balaban J connectivity index is 1.44. The summed E-state index contributed by atoms with van der Waals surface area (Å²) >= 11 is 0. The van der Waals surface area contributed by atoms with Crippen LogP contribution in [0, 0.1) is 5.92 Å². The normalized spacial score (nSPS) is 34.5. The summed E-state index contributed by atoms with van der Waals surface area (Å²) in [6.07, 6.45) is 4.91. The van der Waals surface area contributed by atoms with E-state index in [2.05, 4.69) is 26.0 Å². The van der Waals surface area contributed by atoms with Gasteiger partial charge in [-0.1, -0.05) is 5.21 Å². The van der Waals surface area contributed by atoms with Crippen molar-refractivity contribution in [3.63, 3.8) is 0 Å². The molecule has 6 atom stereocenters. The highest BCUT2D eigenvalue weighted by atomic mass is 16.6. The molecule has 1 aromatic heterocycles. The van der Waals surface area contributed by atoms with Crippen molar-refractivity contribution in [2.75, 3.05) is 27.4 Å². The molecule has 0 saturated carbocycles.